The van der Waals surface area contributed by atoms with Gasteiger partial charge in [-0.2, -0.15) is 0 Å². The third-order valence-corrected chi connectivity index (χ3v) is 7.26. The summed E-state index contributed by atoms with van der Waals surface area (Å²) in [6.45, 7) is 0.552. The van der Waals surface area contributed by atoms with E-state index in [0.717, 1.165) is 43.4 Å². The van der Waals surface area contributed by atoms with Crippen molar-refractivity contribution >= 4 is 5.97 Å². The second-order valence-corrected chi connectivity index (χ2v) is 9.51. The summed E-state index contributed by atoms with van der Waals surface area (Å²) in [5.74, 6) is 0.388. The number of hydrogen-bond donors (Lipinski definition) is 2. The van der Waals surface area contributed by atoms with E-state index in [4.69, 9.17) is 9.84 Å². The first-order valence-corrected chi connectivity index (χ1v) is 11.5. The van der Waals surface area contributed by atoms with Gasteiger partial charge in [0.2, 0.25) is 0 Å². The van der Waals surface area contributed by atoms with E-state index in [0.29, 0.717) is 18.9 Å². The molecule has 2 N–H and O–H groups in total. The molecule has 0 radical (unpaired) electrons. The van der Waals surface area contributed by atoms with E-state index in [2.05, 4.69) is 42.5 Å². The highest BCUT2D eigenvalue weighted by molar-refractivity contribution is 5.73. The molecule has 1 saturated heterocycles. The number of aliphatic carboxylic acids is 1. The molecule has 4 rings (SSSR count). The normalized spacial score (nSPS) is 28.1. The van der Waals surface area contributed by atoms with Crippen LogP contribution in [0.4, 0.5) is 4.39 Å². The van der Waals surface area contributed by atoms with Crippen molar-refractivity contribution in [2.24, 2.45) is 5.92 Å². The highest BCUT2D eigenvalue weighted by atomic mass is 19.1. The minimum atomic E-state index is -0.825. The first-order chi connectivity index (χ1) is 15.4. The molecule has 2 fully saturated rings. The zero-order valence-electron chi connectivity index (χ0n) is 18.9. The van der Waals surface area contributed by atoms with Crippen LogP contribution in [0.2, 0.25) is 0 Å². The van der Waals surface area contributed by atoms with E-state index in [1.54, 1.807) is 6.07 Å². The number of nitrogens with zero attached hydrogens (tertiary/aromatic N) is 1. The zero-order valence-corrected chi connectivity index (χ0v) is 18.9. The van der Waals surface area contributed by atoms with Crippen LogP contribution in [0.3, 0.4) is 0 Å². The summed E-state index contributed by atoms with van der Waals surface area (Å²) >= 11 is 0. The molecule has 0 bridgehead atoms. The maximum Gasteiger partial charge on any atom is 0.320 e. The topological polar surface area (TPSA) is 61.8 Å². The van der Waals surface area contributed by atoms with Gasteiger partial charge < -0.3 is 15.2 Å². The van der Waals surface area contributed by atoms with Gasteiger partial charge >= 0.3 is 5.97 Å². The second kappa shape index (κ2) is 9.59. The predicted octanol–water partition coefficient (Wildman–Crippen LogP) is 4.21. The smallest absolute Gasteiger partial charge is 0.320 e. The summed E-state index contributed by atoms with van der Waals surface area (Å²) in [4.78, 5) is 13.4. The van der Waals surface area contributed by atoms with Gasteiger partial charge in [-0.15, -0.1) is 0 Å². The Balaban J connectivity index is 1.37. The van der Waals surface area contributed by atoms with Crippen molar-refractivity contribution in [1.82, 2.24) is 10.2 Å². The summed E-state index contributed by atoms with van der Waals surface area (Å²) < 4.78 is 20.0. The van der Waals surface area contributed by atoms with Crippen molar-refractivity contribution in [2.75, 3.05) is 20.6 Å². The third kappa shape index (κ3) is 4.97. The van der Waals surface area contributed by atoms with Crippen molar-refractivity contribution in [3.05, 3.63) is 65.5 Å². The van der Waals surface area contributed by atoms with Crippen LogP contribution >= 0.6 is 0 Å². The second-order valence-electron chi connectivity index (χ2n) is 9.51. The molecule has 2 aliphatic rings. The van der Waals surface area contributed by atoms with Crippen LogP contribution in [0.25, 0.3) is 0 Å². The molecular weight excluding hydrogens is 407 g/mol. The molecule has 0 aromatic heterocycles. The number of benzene rings is 2. The molecule has 1 saturated carbocycles. The summed E-state index contributed by atoms with van der Waals surface area (Å²) in [5, 5.41) is 12.1. The Bertz CT molecular complexity index is 940. The van der Waals surface area contributed by atoms with E-state index in [1.807, 2.05) is 18.2 Å². The summed E-state index contributed by atoms with van der Waals surface area (Å²) in [7, 11) is 4.19. The molecule has 1 heterocycles. The van der Waals surface area contributed by atoms with E-state index < -0.39 is 12.0 Å². The molecule has 2 aromatic rings. The maximum absolute atomic E-state index is 13.9. The Morgan fingerprint density at radius 3 is 2.59 bits per heavy atom. The van der Waals surface area contributed by atoms with Gasteiger partial charge in [0, 0.05) is 18.5 Å². The average Bonchev–Trinajstić information content (AvgIpc) is 3.23. The molecule has 1 aliphatic carbocycles. The minimum Gasteiger partial charge on any atom is -0.489 e. The van der Waals surface area contributed by atoms with Gasteiger partial charge in [0.25, 0.3) is 0 Å². The summed E-state index contributed by atoms with van der Waals surface area (Å²) in [6, 6.07) is 14.7. The van der Waals surface area contributed by atoms with Crippen LogP contribution in [0.15, 0.2) is 48.5 Å². The number of hydrogen-bond acceptors (Lipinski definition) is 4. The SMILES string of the molecule is CN(C)[C@]1(c2cccc(F)c2)CC[C@@H](Cc2cccc(O[C@@H]3CN[C@H](C(=O)O)C3)c2)CC1. The van der Waals surface area contributed by atoms with Gasteiger partial charge in [-0.25, -0.2) is 4.39 Å². The molecule has 0 spiro atoms. The Hall–Kier alpha value is -2.44. The zero-order chi connectivity index (χ0) is 22.7. The fraction of sp³-hybridized carbons (Fsp3) is 0.500. The standard InChI is InChI=1S/C26H33FN2O3/c1-29(2)26(20-6-4-7-21(27)15-20)11-9-18(10-12-26)13-19-5-3-8-22(14-19)32-23-16-24(25(30)31)28-17-23/h3-8,14-15,18,23-24,28H,9-13,16-17H2,1-2H3,(H,30,31)/t18-,23-,24-,26-/m0/s1. The van der Waals surface area contributed by atoms with E-state index in [1.165, 1.54) is 11.6 Å². The lowest BCUT2D eigenvalue weighted by atomic mass is 9.70. The van der Waals surface area contributed by atoms with E-state index in [9.17, 15) is 9.18 Å². The number of carboxylic acid groups (broad SMARTS) is 1. The Labute approximate surface area is 189 Å². The van der Waals surface area contributed by atoms with Gasteiger partial charge in [0.1, 0.15) is 23.7 Å². The van der Waals surface area contributed by atoms with Crippen molar-refractivity contribution in [3.63, 3.8) is 0 Å². The number of rotatable bonds is 7. The molecule has 2 atom stereocenters. The summed E-state index contributed by atoms with van der Waals surface area (Å²) in [6.07, 6.45) is 5.55. The first kappa shape index (κ1) is 22.7. The van der Waals surface area contributed by atoms with Crippen molar-refractivity contribution in [3.8, 4) is 5.75 Å². The van der Waals surface area contributed by atoms with Crippen LogP contribution < -0.4 is 10.1 Å². The van der Waals surface area contributed by atoms with Crippen molar-refractivity contribution < 1.29 is 19.0 Å². The van der Waals surface area contributed by atoms with Crippen LogP contribution in [-0.4, -0.2) is 48.8 Å². The Kier molecular flexibility index (Phi) is 6.82. The van der Waals surface area contributed by atoms with Crippen LogP contribution in [0.5, 0.6) is 5.75 Å². The molecule has 0 unspecified atom stereocenters. The Morgan fingerprint density at radius 1 is 1.19 bits per heavy atom. The highest BCUT2D eigenvalue weighted by Crippen LogP contribution is 2.44. The van der Waals surface area contributed by atoms with Crippen LogP contribution in [0, 0.1) is 11.7 Å². The van der Waals surface area contributed by atoms with Gasteiger partial charge in [0.15, 0.2) is 0 Å². The maximum atomic E-state index is 13.9. The highest BCUT2D eigenvalue weighted by Gasteiger charge is 2.39. The number of carbonyl (C=O) groups is 1. The summed E-state index contributed by atoms with van der Waals surface area (Å²) in [5.41, 5.74) is 2.21. The minimum absolute atomic E-state index is 0.111. The molecule has 1 aliphatic heterocycles. The molecule has 6 heteroatoms. The fourth-order valence-corrected chi connectivity index (χ4v) is 5.38. The van der Waals surface area contributed by atoms with Crippen LogP contribution in [-0.2, 0) is 16.8 Å². The van der Waals surface area contributed by atoms with Gasteiger partial charge in [-0.1, -0.05) is 24.3 Å². The lowest BCUT2D eigenvalue weighted by Crippen LogP contribution is -2.44. The van der Waals surface area contributed by atoms with Gasteiger partial charge in [-0.3, -0.25) is 9.69 Å². The molecule has 2 aromatic carbocycles. The van der Waals surface area contributed by atoms with E-state index >= 15 is 0 Å². The van der Waals surface area contributed by atoms with Gasteiger partial charge in [-0.05, 0) is 87.5 Å². The van der Waals surface area contributed by atoms with Crippen molar-refractivity contribution in [2.45, 2.75) is 56.2 Å². The Morgan fingerprint density at radius 2 is 1.94 bits per heavy atom. The molecular formula is C26H33FN2O3. The molecule has 0 amide bonds. The van der Waals surface area contributed by atoms with Crippen LogP contribution in [0.1, 0.15) is 43.2 Å². The molecule has 172 valence electrons. The predicted molar refractivity (Wildman–Crippen MR) is 122 cm³/mol. The number of ether oxygens (including phenoxy) is 1. The molecule has 32 heavy (non-hydrogen) atoms. The first-order valence-electron chi connectivity index (χ1n) is 11.5. The largest absolute Gasteiger partial charge is 0.489 e. The fourth-order valence-electron chi connectivity index (χ4n) is 5.38. The van der Waals surface area contributed by atoms with E-state index in [-0.39, 0.29) is 17.5 Å². The number of halogens is 1. The average molecular weight is 441 g/mol. The van der Waals surface area contributed by atoms with Gasteiger partial charge in [0.05, 0.1) is 0 Å². The quantitative estimate of drug-likeness (QED) is 0.675. The van der Waals surface area contributed by atoms with Crippen molar-refractivity contribution in [1.29, 1.82) is 0 Å². The number of carboxylic acids is 1. The lowest BCUT2D eigenvalue weighted by molar-refractivity contribution is -0.139. The lowest BCUT2D eigenvalue weighted by Gasteiger charge is -2.45. The molecule has 5 nitrogen and oxygen atoms in total. The third-order valence-electron chi connectivity index (χ3n) is 7.26. The monoisotopic (exact) mass is 440 g/mol. The number of nitrogens with one attached hydrogen (secondary N) is 1.